The number of hydrogen-bond donors (Lipinski definition) is 3. The van der Waals surface area contributed by atoms with Crippen molar-refractivity contribution < 1.29 is 47.8 Å². The van der Waals surface area contributed by atoms with Gasteiger partial charge in [-0.2, -0.15) is 0 Å². The van der Waals surface area contributed by atoms with Crippen LogP contribution in [0.4, 0.5) is 0 Å². The van der Waals surface area contributed by atoms with Crippen molar-refractivity contribution in [3.05, 3.63) is 85.1 Å². The van der Waals surface area contributed by atoms with E-state index in [-0.39, 0.29) is 19.4 Å². The minimum atomic E-state index is -4.63. The minimum absolute atomic E-state index is 0.146. The third-order valence-corrected chi connectivity index (χ3v) is 7.65. The van der Waals surface area contributed by atoms with Gasteiger partial charge in [-0.1, -0.05) is 125 Å². The van der Waals surface area contributed by atoms with Crippen LogP contribution in [0.1, 0.15) is 104 Å². The molecule has 0 fully saturated rings. The van der Waals surface area contributed by atoms with Gasteiger partial charge >= 0.3 is 19.8 Å². The fraction of sp³-hybridized carbons (Fsp3) is 0.579. The van der Waals surface area contributed by atoms with Gasteiger partial charge in [-0.15, -0.1) is 0 Å². The van der Waals surface area contributed by atoms with Gasteiger partial charge in [0.15, 0.2) is 6.10 Å². The Morgan fingerprint density at radius 3 is 1.61 bits per heavy atom. The van der Waals surface area contributed by atoms with E-state index in [2.05, 4.69) is 42.7 Å². The highest BCUT2D eigenvalue weighted by atomic mass is 31.2. The fourth-order valence-electron chi connectivity index (χ4n) is 4.00. The van der Waals surface area contributed by atoms with E-state index < -0.39 is 51.8 Å². The molecule has 3 N–H and O–H groups in total. The zero-order valence-electron chi connectivity index (χ0n) is 29.6. The van der Waals surface area contributed by atoms with E-state index in [1.165, 1.54) is 0 Å². The van der Waals surface area contributed by atoms with Gasteiger partial charge in [0, 0.05) is 12.8 Å². The van der Waals surface area contributed by atoms with Crippen molar-refractivity contribution in [2.24, 2.45) is 0 Å². The van der Waals surface area contributed by atoms with Crippen LogP contribution >= 0.6 is 7.82 Å². The average Bonchev–Trinajstić information content (AvgIpc) is 3.09. The smallest absolute Gasteiger partial charge is 0.462 e. The lowest BCUT2D eigenvalue weighted by Gasteiger charge is -2.20. The Morgan fingerprint density at radius 2 is 1.06 bits per heavy atom. The molecule has 49 heavy (non-hydrogen) atoms. The number of ether oxygens (including phenoxy) is 2. The van der Waals surface area contributed by atoms with Crippen molar-refractivity contribution in [3.63, 3.8) is 0 Å². The van der Waals surface area contributed by atoms with Crippen LogP contribution in [0, 0.1) is 0 Å². The second kappa shape index (κ2) is 33.6. The Balaban J connectivity index is 4.54. The molecule has 10 nitrogen and oxygen atoms in total. The lowest BCUT2D eigenvalue weighted by molar-refractivity contribution is -0.161. The third-order valence-electron chi connectivity index (χ3n) is 6.70. The summed E-state index contributed by atoms with van der Waals surface area (Å²) in [7, 11) is -4.63. The number of phosphoric acid groups is 1. The Kier molecular flexibility index (Phi) is 31.7. The topological polar surface area (TPSA) is 149 Å². The van der Waals surface area contributed by atoms with Gasteiger partial charge in [0.2, 0.25) is 0 Å². The molecule has 278 valence electrons. The Labute approximate surface area is 294 Å². The van der Waals surface area contributed by atoms with Gasteiger partial charge in [0.25, 0.3) is 0 Å². The molecular weight excluding hydrogens is 647 g/mol. The quantitative estimate of drug-likeness (QED) is 0.0278. The summed E-state index contributed by atoms with van der Waals surface area (Å²) < 4.78 is 32.4. The van der Waals surface area contributed by atoms with Crippen LogP contribution in [-0.4, -0.2) is 65.7 Å². The van der Waals surface area contributed by atoms with Gasteiger partial charge < -0.3 is 24.6 Å². The number of carbonyl (C=O) groups excluding carboxylic acids is 2. The number of rotatable bonds is 31. The predicted molar refractivity (Wildman–Crippen MR) is 196 cm³/mol. The van der Waals surface area contributed by atoms with E-state index >= 15 is 0 Å². The molecule has 0 aromatic rings. The molecule has 0 amide bonds. The first-order valence-electron chi connectivity index (χ1n) is 17.6. The average molecular weight is 709 g/mol. The second-order valence-corrected chi connectivity index (χ2v) is 12.7. The molecule has 0 rings (SSSR count). The number of esters is 2. The monoisotopic (exact) mass is 708 g/mol. The van der Waals surface area contributed by atoms with Gasteiger partial charge in [-0.25, -0.2) is 4.57 Å². The van der Waals surface area contributed by atoms with E-state index in [4.69, 9.17) is 19.1 Å². The summed E-state index contributed by atoms with van der Waals surface area (Å²) in [6, 6.07) is 0. The number of allylic oxidation sites excluding steroid dienone is 14. The zero-order chi connectivity index (χ0) is 36.3. The zero-order valence-corrected chi connectivity index (χ0v) is 30.5. The maximum Gasteiger partial charge on any atom is 0.472 e. The maximum absolute atomic E-state index is 12.5. The van der Waals surface area contributed by atoms with E-state index in [0.29, 0.717) is 12.8 Å². The van der Waals surface area contributed by atoms with Crippen molar-refractivity contribution >= 4 is 19.8 Å². The molecule has 3 atom stereocenters. The number of aliphatic hydroxyl groups excluding tert-OH is 2. The van der Waals surface area contributed by atoms with Gasteiger partial charge in [-0.05, 0) is 51.4 Å². The van der Waals surface area contributed by atoms with Gasteiger partial charge in [0.1, 0.15) is 12.7 Å². The molecule has 0 saturated heterocycles. The van der Waals surface area contributed by atoms with Crippen molar-refractivity contribution in [1.29, 1.82) is 0 Å². The van der Waals surface area contributed by atoms with Crippen LogP contribution in [0.2, 0.25) is 0 Å². The molecule has 0 heterocycles. The molecular formula is C38H61O10P. The Bertz CT molecular complexity index is 1090. The summed E-state index contributed by atoms with van der Waals surface area (Å²) in [4.78, 5) is 34.7. The number of carbonyl (C=O) groups is 2. The number of hydrogen-bond acceptors (Lipinski definition) is 9. The molecule has 0 aliphatic rings. The highest BCUT2D eigenvalue weighted by Gasteiger charge is 2.27. The molecule has 0 spiro atoms. The summed E-state index contributed by atoms with van der Waals surface area (Å²) in [6.07, 6.45) is 37.1. The van der Waals surface area contributed by atoms with Crippen LogP contribution in [0.5, 0.6) is 0 Å². The van der Waals surface area contributed by atoms with E-state index in [0.717, 1.165) is 64.2 Å². The highest BCUT2D eigenvalue weighted by Crippen LogP contribution is 2.43. The van der Waals surface area contributed by atoms with Gasteiger partial charge in [-0.3, -0.25) is 18.6 Å². The Morgan fingerprint density at radius 1 is 0.612 bits per heavy atom. The first kappa shape index (κ1) is 46.1. The van der Waals surface area contributed by atoms with Crippen LogP contribution in [0.3, 0.4) is 0 Å². The molecule has 0 bridgehead atoms. The number of phosphoric ester groups is 1. The largest absolute Gasteiger partial charge is 0.472 e. The highest BCUT2D eigenvalue weighted by molar-refractivity contribution is 7.47. The van der Waals surface area contributed by atoms with E-state index in [1.807, 2.05) is 60.8 Å². The van der Waals surface area contributed by atoms with E-state index in [1.54, 1.807) is 0 Å². The summed E-state index contributed by atoms with van der Waals surface area (Å²) in [5.74, 6) is -1.01. The van der Waals surface area contributed by atoms with Gasteiger partial charge in [0.05, 0.1) is 19.8 Å². The molecule has 2 unspecified atom stereocenters. The van der Waals surface area contributed by atoms with Crippen molar-refractivity contribution in [2.75, 3.05) is 26.4 Å². The maximum atomic E-state index is 12.5. The minimum Gasteiger partial charge on any atom is -0.462 e. The standard InChI is InChI=1S/C38H61O10P/c1-3-5-7-9-11-13-15-17-19-21-23-25-27-29-37(41)45-33-36(34-47-49(43,44)46-32-35(40)31-39)48-38(42)30-28-26-24-22-20-18-16-14-12-10-8-6-4-2/h5-17,19,35-36,39-40H,3-4,18,20-34H2,1-2H3,(H,43,44)/b7-5+,8-6+,11-9+,12-10+,15-13+,16-14+,19-17+/t35-,36?/m0/s1. The summed E-state index contributed by atoms with van der Waals surface area (Å²) in [5.41, 5.74) is 0. The van der Waals surface area contributed by atoms with Crippen molar-refractivity contribution in [3.8, 4) is 0 Å². The molecule has 0 radical (unpaired) electrons. The SMILES string of the molecule is CC/C=C/C=C/C=C/C=C/CCCCCC(=O)OCC(COP(=O)(O)OC[C@@H](O)CO)OC(=O)CCCCCCC/C=C/C=C/C=C/CC. The second-order valence-electron chi connectivity index (χ2n) is 11.3. The first-order chi connectivity index (χ1) is 23.7. The summed E-state index contributed by atoms with van der Waals surface area (Å²) in [5, 5.41) is 18.2. The third kappa shape index (κ3) is 33.4. The molecule has 0 aliphatic carbocycles. The predicted octanol–water partition coefficient (Wildman–Crippen LogP) is 8.32. The lowest BCUT2D eigenvalue weighted by Crippen LogP contribution is -2.29. The molecule has 0 saturated carbocycles. The van der Waals surface area contributed by atoms with Crippen LogP contribution < -0.4 is 0 Å². The first-order valence-corrected chi connectivity index (χ1v) is 19.1. The van der Waals surface area contributed by atoms with Crippen molar-refractivity contribution in [1.82, 2.24) is 0 Å². The van der Waals surface area contributed by atoms with Crippen molar-refractivity contribution in [2.45, 2.75) is 116 Å². The normalized spacial score (nSPS) is 15.1. The van der Waals surface area contributed by atoms with Crippen LogP contribution in [-0.2, 0) is 32.7 Å². The fourth-order valence-corrected chi connectivity index (χ4v) is 4.79. The van der Waals surface area contributed by atoms with E-state index in [9.17, 15) is 24.2 Å². The van der Waals surface area contributed by atoms with Crippen LogP contribution in [0.25, 0.3) is 0 Å². The molecule has 0 aliphatic heterocycles. The Hall–Kier alpha value is -2.85. The molecule has 0 aromatic carbocycles. The molecule has 11 heteroatoms. The van der Waals surface area contributed by atoms with Crippen LogP contribution in [0.15, 0.2) is 85.1 Å². The lowest BCUT2D eigenvalue weighted by atomic mass is 10.1. The molecule has 0 aromatic heterocycles. The number of unbranched alkanes of at least 4 members (excludes halogenated alkanes) is 8. The summed E-state index contributed by atoms with van der Waals surface area (Å²) >= 11 is 0. The number of aliphatic hydroxyl groups is 2. The summed E-state index contributed by atoms with van der Waals surface area (Å²) in [6.45, 7) is 1.98.